The molecule has 1 fully saturated rings. The van der Waals surface area contributed by atoms with Gasteiger partial charge < -0.3 is 25.5 Å². The van der Waals surface area contributed by atoms with E-state index >= 15 is 0 Å². The summed E-state index contributed by atoms with van der Waals surface area (Å²) in [5.41, 5.74) is 3.03. The Bertz CT molecular complexity index is 1230. The second-order valence-electron chi connectivity index (χ2n) is 10.3. The number of anilines is 1. The van der Waals surface area contributed by atoms with Gasteiger partial charge in [-0.3, -0.25) is 9.63 Å². The molecule has 4 N–H and O–H groups in total. The highest BCUT2D eigenvalue weighted by Crippen LogP contribution is 2.33. The summed E-state index contributed by atoms with van der Waals surface area (Å²) in [5.74, 6) is -1.30. The Kier molecular flexibility index (Phi) is 10.2. The number of amides is 1. The summed E-state index contributed by atoms with van der Waals surface area (Å²) < 4.78 is 13.3. The van der Waals surface area contributed by atoms with Crippen LogP contribution >= 0.6 is 0 Å². The topological polar surface area (TPSA) is 105 Å². The molecule has 0 bridgehead atoms. The summed E-state index contributed by atoms with van der Waals surface area (Å²) >= 11 is 0. The standard InChI is InChI=1S/C31H38FN3O5/c1-21(37)28-27(20-36)40-35(29(28)31(39)33-16-7-17-34(2)26-10-4-3-5-11-26)19-22-8-6-9-24(18-22)30(38)23-12-14-25(32)15-13-23/h3-6,8-15,18,21,27-30,36-38H,7,16-17,19-20H2,1-2H3,(H,33,39)/t21?,27-,28+,29-,30?/m1/s1. The molecule has 0 aliphatic carbocycles. The molecule has 8 nitrogen and oxygen atoms in total. The van der Waals surface area contributed by atoms with Gasteiger partial charge >= 0.3 is 0 Å². The van der Waals surface area contributed by atoms with Gasteiger partial charge in [-0.1, -0.05) is 54.6 Å². The van der Waals surface area contributed by atoms with Crippen LogP contribution < -0.4 is 10.2 Å². The van der Waals surface area contributed by atoms with Gasteiger partial charge in [0.1, 0.15) is 24.1 Å². The van der Waals surface area contributed by atoms with E-state index in [0.717, 1.165) is 24.2 Å². The van der Waals surface area contributed by atoms with Crippen LogP contribution in [0.1, 0.15) is 36.1 Å². The third-order valence-corrected chi connectivity index (χ3v) is 7.34. The van der Waals surface area contributed by atoms with Gasteiger partial charge in [-0.2, -0.15) is 5.06 Å². The molecule has 1 aliphatic heterocycles. The minimum atomic E-state index is -0.955. The first kappa shape index (κ1) is 29.6. The Labute approximate surface area is 234 Å². The maximum absolute atomic E-state index is 13.4. The normalized spacial score (nSPS) is 20.7. The molecule has 0 spiro atoms. The van der Waals surface area contributed by atoms with Crippen molar-refractivity contribution in [3.63, 3.8) is 0 Å². The lowest BCUT2D eigenvalue weighted by atomic mass is 9.89. The third-order valence-electron chi connectivity index (χ3n) is 7.34. The Morgan fingerprint density at radius 1 is 1.05 bits per heavy atom. The van der Waals surface area contributed by atoms with Gasteiger partial charge in [-0.05, 0) is 54.3 Å². The fourth-order valence-electron chi connectivity index (χ4n) is 5.20. The number of benzene rings is 3. The molecular weight excluding hydrogens is 513 g/mol. The third kappa shape index (κ3) is 7.24. The van der Waals surface area contributed by atoms with Crippen LogP contribution in [0.2, 0.25) is 0 Å². The van der Waals surface area contributed by atoms with E-state index in [0.29, 0.717) is 17.7 Å². The smallest absolute Gasteiger partial charge is 0.240 e. The molecule has 214 valence electrons. The molecule has 2 unspecified atom stereocenters. The average Bonchev–Trinajstić information content (AvgIpc) is 3.34. The van der Waals surface area contributed by atoms with Crippen molar-refractivity contribution in [3.05, 3.63) is 101 Å². The van der Waals surface area contributed by atoms with Crippen molar-refractivity contribution in [3.8, 4) is 0 Å². The number of nitrogens with one attached hydrogen (secondary N) is 1. The number of aliphatic hydroxyl groups excluding tert-OH is 3. The van der Waals surface area contributed by atoms with Crippen molar-refractivity contribution in [1.29, 1.82) is 0 Å². The molecule has 1 amide bonds. The van der Waals surface area contributed by atoms with Gasteiger partial charge in [0.15, 0.2) is 0 Å². The lowest BCUT2D eigenvalue weighted by Gasteiger charge is -2.27. The highest BCUT2D eigenvalue weighted by Gasteiger charge is 2.49. The second-order valence-corrected chi connectivity index (χ2v) is 10.3. The number of carbonyl (C=O) groups excluding carboxylic acids is 1. The predicted molar refractivity (Wildman–Crippen MR) is 151 cm³/mol. The number of hydrogen-bond acceptors (Lipinski definition) is 7. The van der Waals surface area contributed by atoms with Crippen LogP contribution in [0.3, 0.4) is 0 Å². The fourth-order valence-corrected chi connectivity index (χ4v) is 5.20. The molecule has 0 radical (unpaired) electrons. The zero-order valence-corrected chi connectivity index (χ0v) is 22.9. The first-order chi connectivity index (χ1) is 19.3. The molecule has 4 rings (SSSR count). The maximum atomic E-state index is 13.4. The van der Waals surface area contributed by atoms with Crippen LogP contribution in [0.25, 0.3) is 0 Å². The van der Waals surface area contributed by atoms with Gasteiger partial charge in [-0.25, -0.2) is 4.39 Å². The number of hydroxylamine groups is 2. The van der Waals surface area contributed by atoms with E-state index in [1.807, 2.05) is 43.4 Å². The first-order valence-corrected chi connectivity index (χ1v) is 13.6. The molecule has 3 aromatic carbocycles. The summed E-state index contributed by atoms with van der Waals surface area (Å²) in [7, 11) is 2.00. The van der Waals surface area contributed by atoms with Crippen LogP contribution in [-0.2, 0) is 16.2 Å². The van der Waals surface area contributed by atoms with Crippen molar-refractivity contribution in [2.24, 2.45) is 5.92 Å². The van der Waals surface area contributed by atoms with E-state index in [4.69, 9.17) is 4.84 Å². The molecule has 9 heteroatoms. The molecule has 40 heavy (non-hydrogen) atoms. The van der Waals surface area contributed by atoms with Crippen LogP contribution in [0.15, 0.2) is 78.9 Å². The number of aliphatic hydroxyl groups is 3. The SMILES string of the molecule is CC(O)[C@H]1[C@@H](CO)ON(Cc2cccc(C(O)c3ccc(F)cc3)c2)[C@H]1C(=O)NCCCN(C)c1ccccc1. The molecule has 5 atom stereocenters. The number of nitrogens with zero attached hydrogens (tertiary/aromatic N) is 2. The minimum Gasteiger partial charge on any atom is -0.394 e. The molecule has 1 saturated heterocycles. The number of halogens is 1. The van der Waals surface area contributed by atoms with E-state index in [9.17, 15) is 24.5 Å². The van der Waals surface area contributed by atoms with E-state index in [2.05, 4.69) is 10.2 Å². The van der Waals surface area contributed by atoms with E-state index < -0.39 is 30.3 Å². The lowest BCUT2D eigenvalue weighted by molar-refractivity contribution is -0.181. The van der Waals surface area contributed by atoms with Gasteiger partial charge in [0.2, 0.25) is 5.91 Å². The average molecular weight is 552 g/mol. The second kappa shape index (κ2) is 13.8. The fraction of sp³-hybridized carbons (Fsp3) is 0.387. The Morgan fingerprint density at radius 2 is 1.77 bits per heavy atom. The van der Waals surface area contributed by atoms with Crippen molar-refractivity contribution < 1.29 is 29.3 Å². The zero-order chi connectivity index (χ0) is 28.6. The highest BCUT2D eigenvalue weighted by molar-refractivity contribution is 5.82. The summed E-state index contributed by atoms with van der Waals surface area (Å²) in [4.78, 5) is 21.5. The Morgan fingerprint density at radius 3 is 2.45 bits per heavy atom. The monoisotopic (exact) mass is 551 g/mol. The molecule has 3 aromatic rings. The van der Waals surface area contributed by atoms with E-state index in [1.165, 1.54) is 29.3 Å². The molecule has 1 heterocycles. The van der Waals surface area contributed by atoms with Crippen LogP contribution in [0.5, 0.6) is 0 Å². The van der Waals surface area contributed by atoms with Crippen molar-refractivity contribution >= 4 is 11.6 Å². The van der Waals surface area contributed by atoms with E-state index in [-0.39, 0.29) is 24.9 Å². The Hall–Kier alpha value is -3.34. The van der Waals surface area contributed by atoms with Crippen LogP contribution in [0.4, 0.5) is 10.1 Å². The zero-order valence-electron chi connectivity index (χ0n) is 22.9. The summed E-state index contributed by atoms with van der Waals surface area (Å²) in [6.45, 7) is 2.63. The van der Waals surface area contributed by atoms with Gasteiger partial charge in [0.05, 0.1) is 19.3 Å². The number of rotatable bonds is 12. The van der Waals surface area contributed by atoms with Gasteiger partial charge in [0, 0.05) is 31.7 Å². The molecule has 1 aliphatic rings. The van der Waals surface area contributed by atoms with Crippen molar-refractivity contribution in [1.82, 2.24) is 10.4 Å². The molecular formula is C31H38FN3O5. The van der Waals surface area contributed by atoms with Gasteiger partial charge in [0.25, 0.3) is 0 Å². The van der Waals surface area contributed by atoms with Gasteiger partial charge in [-0.15, -0.1) is 0 Å². The molecule has 0 aromatic heterocycles. The van der Waals surface area contributed by atoms with Crippen LogP contribution in [-0.4, -0.2) is 71.3 Å². The minimum absolute atomic E-state index is 0.193. The quantitative estimate of drug-likeness (QED) is 0.257. The summed E-state index contributed by atoms with van der Waals surface area (Å²) in [5, 5.41) is 35.8. The van der Waals surface area contributed by atoms with Crippen LogP contribution in [0, 0.1) is 11.7 Å². The molecule has 0 saturated carbocycles. The summed E-state index contributed by atoms with van der Waals surface area (Å²) in [6.07, 6.45) is -1.87. The predicted octanol–water partition coefficient (Wildman–Crippen LogP) is 3.02. The Balaban J connectivity index is 1.43. The number of para-hydroxylation sites is 1. The number of hydrogen-bond donors (Lipinski definition) is 4. The largest absolute Gasteiger partial charge is 0.394 e. The van der Waals surface area contributed by atoms with Crippen molar-refractivity contribution in [2.45, 2.75) is 44.2 Å². The summed E-state index contributed by atoms with van der Waals surface area (Å²) in [6, 6.07) is 22.1. The van der Waals surface area contributed by atoms with E-state index in [1.54, 1.807) is 25.1 Å². The van der Waals surface area contributed by atoms with Crippen molar-refractivity contribution in [2.75, 3.05) is 31.6 Å². The maximum Gasteiger partial charge on any atom is 0.240 e. The lowest BCUT2D eigenvalue weighted by Crippen LogP contribution is -2.49. The first-order valence-electron chi connectivity index (χ1n) is 13.6. The highest BCUT2D eigenvalue weighted by atomic mass is 19.1. The number of carbonyl (C=O) groups is 1.